The molecule has 0 spiro atoms. The minimum absolute atomic E-state index is 0.0241. The molecule has 0 unspecified atom stereocenters. The van der Waals surface area contributed by atoms with Gasteiger partial charge in [-0.3, -0.25) is 9.59 Å². The Morgan fingerprint density at radius 2 is 2.19 bits per heavy atom. The molecule has 3 rings (SSSR count). The van der Waals surface area contributed by atoms with Crippen molar-refractivity contribution in [1.82, 2.24) is 15.1 Å². The summed E-state index contributed by atoms with van der Waals surface area (Å²) in [6.45, 7) is 2.50. The number of hydrogen-bond acceptors (Lipinski definition) is 4. The van der Waals surface area contributed by atoms with Crippen LogP contribution in [0.15, 0.2) is 29.1 Å². The van der Waals surface area contributed by atoms with Crippen molar-refractivity contribution in [2.75, 3.05) is 0 Å². The number of hydrogen-bond donors (Lipinski definition) is 1. The lowest BCUT2D eigenvalue weighted by Gasteiger charge is -2.07. The first-order chi connectivity index (χ1) is 10.1. The highest BCUT2D eigenvalue weighted by Gasteiger charge is 2.25. The third-order valence-electron chi connectivity index (χ3n) is 3.43. The maximum Gasteiger partial charge on any atom is 0.267 e. The zero-order valence-electron chi connectivity index (χ0n) is 11.8. The first-order valence-electron chi connectivity index (χ1n) is 7.02. The van der Waals surface area contributed by atoms with Crippen LogP contribution >= 0.6 is 11.3 Å². The van der Waals surface area contributed by atoms with Crippen LogP contribution in [-0.2, 0) is 17.9 Å². The van der Waals surface area contributed by atoms with Gasteiger partial charge in [0.1, 0.15) is 6.54 Å². The third-order valence-corrected chi connectivity index (χ3v) is 4.43. The Labute approximate surface area is 126 Å². The summed E-state index contributed by atoms with van der Waals surface area (Å²) >= 11 is 1.65. The van der Waals surface area contributed by atoms with E-state index in [1.165, 1.54) is 15.6 Å². The van der Waals surface area contributed by atoms with Crippen LogP contribution in [0.2, 0.25) is 0 Å². The SMILES string of the molecule is Cc1ccc(CNC(=O)Cn2nc(C3CC3)ccc2=O)s1. The predicted molar refractivity (Wildman–Crippen MR) is 81.4 cm³/mol. The van der Waals surface area contributed by atoms with Gasteiger partial charge in [-0.05, 0) is 38.0 Å². The lowest BCUT2D eigenvalue weighted by Crippen LogP contribution is -2.33. The van der Waals surface area contributed by atoms with E-state index in [1.54, 1.807) is 17.4 Å². The second-order valence-electron chi connectivity index (χ2n) is 5.32. The van der Waals surface area contributed by atoms with Gasteiger partial charge < -0.3 is 5.32 Å². The van der Waals surface area contributed by atoms with Crippen LogP contribution < -0.4 is 10.9 Å². The fourth-order valence-corrected chi connectivity index (χ4v) is 2.96. The summed E-state index contributed by atoms with van der Waals surface area (Å²) in [7, 11) is 0. The van der Waals surface area contributed by atoms with Gasteiger partial charge in [-0.25, -0.2) is 4.68 Å². The average Bonchev–Trinajstić information content (AvgIpc) is 3.22. The van der Waals surface area contributed by atoms with Gasteiger partial charge in [0, 0.05) is 21.7 Å². The first-order valence-corrected chi connectivity index (χ1v) is 7.83. The van der Waals surface area contributed by atoms with Gasteiger partial charge >= 0.3 is 0 Å². The molecule has 6 heteroatoms. The molecular formula is C15H17N3O2S. The van der Waals surface area contributed by atoms with Crippen molar-refractivity contribution in [2.45, 2.75) is 38.8 Å². The van der Waals surface area contributed by atoms with Gasteiger partial charge in [-0.15, -0.1) is 11.3 Å². The van der Waals surface area contributed by atoms with Crippen LogP contribution in [0.4, 0.5) is 0 Å². The Kier molecular flexibility index (Phi) is 3.88. The van der Waals surface area contributed by atoms with Crippen LogP contribution in [0, 0.1) is 6.92 Å². The summed E-state index contributed by atoms with van der Waals surface area (Å²) in [6.07, 6.45) is 2.24. The molecule has 110 valence electrons. The van der Waals surface area contributed by atoms with Gasteiger partial charge in [0.2, 0.25) is 5.91 Å². The Morgan fingerprint density at radius 3 is 2.86 bits per heavy atom. The topological polar surface area (TPSA) is 64.0 Å². The van der Waals surface area contributed by atoms with Gasteiger partial charge in [-0.2, -0.15) is 5.10 Å². The molecule has 21 heavy (non-hydrogen) atoms. The molecule has 1 saturated carbocycles. The lowest BCUT2D eigenvalue weighted by molar-refractivity contribution is -0.122. The maximum absolute atomic E-state index is 11.9. The fraction of sp³-hybridized carbons (Fsp3) is 0.400. The number of carbonyl (C=O) groups excluding carboxylic acids is 1. The number of aryl methyl sites for hydroxylation is 1. The zero-order valence-corrected chi connectivity index (χ0v) is 12.7. The van der Waals surface area contributed by atoms with E-state index in [1.807, 2.05) is 19.1 Å². The number of nitrogens with zero attached hydrogens (tertiary/aromatic N) is 2. The highest BCUT2D eigenvalue weighted by molar-refractivity contribution is 7.11. The molecule has 5 nitrogen and oxygen atoms in total. The number of nitrogens with one attached hydrogen (secondary N) is 1. The van der Waals surface area contributed by atoms with Gasteiger partial charge in [0.25, 0.3) is 5.56 Å². The van der Waals surface area contributed by atoms with Gasteiger partial charge in [0.05, 0.1) is 12.2 Å². The van der Waals surface area contributed by atoms with E-state index in [2.05, 4.69) is 10.4 Å². The second-order valence-corrected chi connectivity index (χ2v) is 6.69. The van der Waals surface area contributed by atoms with E-state index >= 15 is 0 Å². The summed E-state index contributed by atoms with van der Waals surface area (Å²) in [5, 5.41) is 7.10. The summed E-state index contributed by atoms with van der Waals surface area (Å²) in [5.41, 5.74) is 0.679. The number of carbonyl (C=O) groups is 1. The predicted octanol–water partition coefficient (Wildman–Crippen LogP) is 1.81. The maximum atomic E-state index is 11.9. The Balaban J connectivity index is 1.61. The molecule has 0 saturated heterocycles. The van der Waals surface area contributed by atoms with E-state index in [0.29, 0.717) is 12.5 Å². The molecule has 0 radical (unpaired) electrons. The molecule has 1 aliphatic rings. The number of aromatic nitrogens is 2. The molecule has 0 atom stereocenters. The van der Waals surface area contributed by atoms with E-state index in [4.69, 9.17) is 0 Å². The Bertz CT molecular complexity index is 716. The lowest BCUT2D eigenvalue weighted by atomic mass is 10.3. The van der Waals surface area contributed by atoms with Crippen molar-refractivity contribution < 1.29 is 4.79 Å². The van der Waals surface area contributed by atoms with E-state index in [9.17, 15) is 9.59 Å². The quantitative estimate of drug-likeness (QED) is 0.916. The molecule has 2 aromatic heterocycles. The van der Waals surface area contributed by atoms with Crippen molar-refractivity contribution in [3.8, 4) is 0 Å². The minimum atomic E-state index is -0.235. The first kappa shape index (κ1) is 14.0. The summed E-state index contributed by atoms with van der Waals surface area (Å²) < 4.78 is 1.25. The molecule has 2 aromatic rings. The smallest absolute Gasteiger partial charge is 0.267 e. The van der Waals surface area contributed by atoms with Crippen LogP contribution in [0.5, 0.6) is 0 Å². The van der Waals surface area contributed by atoms with Crippen LogP contribution in [0.25, 0.3) is 0 Å². The van der Waals surface area contributed by atoms with E-state index < -0.39 is 0 Å². The molecule has 1 N–H and O–H groups in total. The number of thiophene rings is 1. The molecular weight excluding hydrogens is 286 g/mol. The molecule has 1 amide bonds. The molecule has 2 heterocycles. The monoisotopic (exact) mass is 303 g/mol. The molecule has 0 aromatic carbocycles. The average molecular weight is 303 g/mol. The standard InChI is InChI=1S/C15H17N3O2S/c1-10-2-5-12(21-10)8-16-14(19)9-18-15(20)7-6-13(17-18)11-3-4-11/h2,5-7,11H,3-4,8-9H2,1H3,(H,16,19). The highest BCUT2D eigenvalue weighted by Crippen LogP contribution is 2.38. The van der Waals surface area contributed by atoms with Crippen molar-refractivity contribution in [3.63, 3.8) is 0 Å². The number of rotatable bonds is 5. The highest BCUT2D eigenvalue weighted by atomic mass is 32.1. The normalized spacial score (nSPS) is 14.1. The summed E-state index contributed by atoms with van der Waals surface area (Å²) in [5.74, 6) is 0.276. The zero-order chi connectivity index (χ0) is 14.8. The third kappa shape index (κ3) is 3.58. The molecule has 1 fully saturated rings. The fourth-order valence-electron chi connectivity index (χ4n) is 2.13. The van der Waals surface area contributed by atoms with Crippen molar-refractivity contribution in [2.24, 2.45) is 0 Å². The van der Waals surface area contributed by atoms with Crippen LogP contribution in [0.1, 0.15) is 34.2 Å². The van der Waals surface area contributed by atoms with Crippen molar-refractivity contribution in [1.29, 1.82) is 0 Å². The van der Waals surface area contributed by atoms with Crippen molar-refractivity contribution in [3.05, 3.63) is 50.1 Å². The second kappa shape index (κ2) is 5.81. The van der Waals surface area contributed by atoms with Crippen molar-refractivity contribution >= 4 is 17.2 Å². The van der Waals surface area contributed by atoms with E-state index in [-0.39, 0.29) is 18.0 Å². The van der Waals surface area contributed by atoms with Gasteiger partial charge in [-0.1, -0.05) is 0 Å². The summed E-state index contributed by atoms with van der Waals surface area (Å²) in [6, 6.07) is 7.29. The van der Waals surface area contributed by atoms with Crippen LogP contribution in [-0.4, -0.2) is 15.7 Å². The summed E-state index contributed by atoms with van der Waals surface area (Å²) in [4.78, 5) is 26.0. The number of amides is 1. The van der Waals surface area contributed by atoms with E-state index in [0.717, 1.165) is 23.4 Å². The Hall–Kier alpha value is -1.95. The Morgan fingerprint density at radius 1 is 1.38 bits per heavy atom. The van der Waals surface area contributed by atoms with Gasteiger partial charge in [0.15, 0.2) is 0 Å². The largest absolute Gasteiger partial charge is 0.350 e. The minimum Gasteiger partial charge on any atom is -0.350 e. The van der Waals surface area contributed by atoms with Crippen LogP contribution in [0.3, 0.4) is 0 Å². The molecule has 0 bridgehead atoms. The molecule has 0 aliphatic heterocycles. The molecule has 1 aliphatic carbocycles.